The van der Waals surface area contributed by atoms with Crippen LogP contribution >= 0.6 is 33.9 Å². The number of amides is 1. The van der Waals surface area contributed by atoms with Crippen LogP contribution in [0.25, 0.3) is 11.3 Å². The molecule has 3 rings (SSSR count). The van der Waals surface area contributed by atoms with Gasteiger partial charge in [-0.25, -0.2) is 4.98 Å². The number of primary amides is 1. The standard InChI is InChI=1S/C20H19IN4O3S/c1-2-27-17-9-13(8-15(21)19(17)28-11-18(22)26)10-23-25-20-24-16(12-29-20)14-6-4-3-5-7-14/h3-10,12H,2,11H2,1H3,(H2,22,26)(H,24,25). The summed E-state index contributed by atoms with van der Waals surface area (Å²) in [5.74, 6) is 0.475. The number of ether oxygens (including phenoxy) is 2. The van der Waals surface area contributed by atoms with Crippen molar-refractivity contribution in [1.29, 1.82) is 0 Å². The summed E-state index contributed by atoms with van der Waals surface area (Å²) in [6, 6.07) is 13.6. The number of benzene rings is 2. The van der Waals surface area contributed by atoms with Crippen LogP contribution in [0.3, 0.4) is 0 Å². The average Bonchev–Trinajstić information content (AvgIpc) is 3.17. The molecule has 9 heteroatoms. The Labute approximate surface area is 186 Å². The molecule has 0 aliphatic rings. The van der Waals surface area contributed by atoms with E-state index in [-0.39, 0.29) is 6.61 Å². The van der Waals surface area contributed by atoms with Crippen molar-refractivity contribution in [2.75, 3.05) is 18.6 Å². The third-order valence-electron chi connectivity index (χ3n) is 3.64. The van der Waals surface area contributed by atoms with Crippen LogP contribution in [0.5, 0.6) is 11.5 Å². The van der Waals surface area contributed by atoms with Gasteiger partial charge < -0.3 is 15.2 Å². The highest BCUT2D eigenvalue weighted by atomic mass is 127. The summed E-state index contributed by atoms with van der Waals surface area (Å²) in [7, 11) is 0. The summed E-state index contributed by atoms with van der Waals surface area (Å²) in [4.78, 5) is 15.5. The van der Waals surface area contributed by atoms with E-state index in [9.17, 15) is 4.79 Å². The molecule has 29 heavy (non-hydrogen) atoms. The lowest BCUT2D eigenvalue weighted by Crippen LogP contribution is -2.20. The molecule has 0 fully saturated rings. The molecule has 0 radical (unpaired) electrons. The average molecular weight is 522 g/mol. The molecule has 3 aromatic rings. The van der Waals surface area contributed by atoms with E-state index in [1.54, 1.807) is 12.3 Å². The first-order chi connectivity index (χ1) is 14.1. The highest BCUT2D eigenvalue weighted by Crippen LogP contribution is 2.34. The number of hydrazone groups is 1. The van der Waals surface area contributed by atoms with Crippen molar-refractivity contribution in [3.05, 3.63) is 57.0 Å². The summed E-state index contributed by atoms with van der Waals surface area (Å²) in [5.41, 5.74) is 10.9. The molecule has 0 unspecified atom stereocenters. The number of thiazole rings is 1. The second-order valence-corrected chi connectivity index (χ2v) is 7.81. The Kier molecular flexibility index (Phi) is 7.42. The maximum absolute atomic E-state index is 11.0. The highest BCUT2D eigenvalue weighted by molar-refractivity contribution is 14.1. The third-order valence-corrected chi connectivity index (χ3v) is 5.19. The minimum absolute atomic E-state index is 0.209. The Morgan fingerprint density at radius 2 is 2.10 bits per heavy atom. The van der Waals surface area contributed by atoms with Gasteiger partial charge in [0, 0.05) is 10.9 Å². The van der Waals surface area contributed by atoms with Crippen molar-refractivity contribution >= 4 is 51.2 Å². The van der Waals surface area contributed by atoms with Crippen molar-refractivity contribution in [2.45, 2.75) is 6.92 Å². The molecule has 0 spiro atoms. The zero-order valence-corrected chi connectivity index (χ0v) is 18.6. The number of hydrogen-bond donors (Lipinski definition) is 2. The molecule has 2 aromatic carbocycles. The fourth-order valence-electron chi connectivity index (χ4n) is 2.44. The third kappa shape index (κ3) is 5.91. The first-order valence-corrected chi connectivity index (χ1v) is 10.7. The Morgan fingerprint density at radius 1 is 1.31 bits per heavy atom. The van der Waals surface area contributed by atoms with E-state index in [2.05, 4.69) is 38.1 Å². The lowest BCUT2D eigenvalue weighted by molar-refractivity contribution is -0.119. The maximum atomic E-state index is 11.0. The number of halogens is 1. The minimum Gasteiger partial charge on any atom is -0.490 e. The molecule has 0 aliphatic carbocycles. The fraction of sp³-hybridized carbons (Fsp3) is 0.150. The predicted octanol–water partition coefficient (Wildman–Crippen LogP) is 4.12. The van der Waals surface area contributed by atoms with Crippen LogP contribution < -0.4 is 20.6 Å². The van der Waals surface area contributed by atoms with Gasteiger partial charge in [-0.3, -0.25) is 10.2 Å². The summed E-state index contributed by atoms with van der Waals surface area (Å²) in [6.07, 6.45) is 1.67. The topological polar surface area (TPSA) is 98.8 Å². The predicted molar refractivity (Wildman–Crippen MR) is 124 cm³/mol. The lowest BCUT2D eigenvalue weighted by Gasteiger charge is -2.13. The highest BCUT2D eigenvalue weighted by Gasteiger charge is 2.13. The quantitative estimate of drug-likeness (QED) is 0.250. The molecule has 7 nitrogen and oxygen atoms in total. The van der Waals surface area contributed by atoms with Crippen molar-refractivity contribution in [1.82, 2.24) is 4.98 Å². The molecule has 0 aliphatic heterocycles. The fourth-order valence-corrected chi connectivity index (χ4v) is 3.89. The molecule has 0 atom stereocenters. The van der Waals surface area contributed by atoms with Crippen molar-refractivity contribution in [3.63, 3.8) is 0 Å². The molecular formula is C20H19IN4O3S. The Bertz CT molecular complexity index is 1010. The van der Waals surface area contributed by atoms with E-state index in [4.69, 9.17) is 15.2 Å². The van der Waals surface area contributed by atoms with E-state index in [1.807, 2.05) is 48.7 Å². The first-order valence-electron chi connectivity index (χ1n) is 8.74. The van der Waals surface area contributed by atoms with Crippen LogP contribution in [0.4, 0.5) is 5.13 Å². The van der Waals surface area contributed by atoms with Crippen molar-refractivity contribution in [2.24, 2.45) is 10.8 Å². The van der Waals surface area contributed by atoms with Crippen molar-refractivity contribution < 1.29 is 14.3 Å². The molecule has 0 saturated carbocycles. The number of anilines is 1. The van der Waals surface area contributed by atoms with Gasteiger partial charge in [-0.15, -0.1) is 11.3 Å². The zero-order chi connectivity index (χ0) is 20.6. The number of nitrogens with one attached hydrogen (secondary N) is 1. The monoisotopic (exact) mass is 522 g/mol. The number of nitrogens with zero attached hydrogens (tertiary/aromatic N) is 2. The van der Waals surface area contributed by atoms with E-state index in [0.29, 0.717) is 23.2 Å². The normalized spacial score (nSPS) is 10.8. The van der Waals surface area contributed by atoms with Gasteiger partial charge in [0.2, 0.25) is 5.13 Å². The molecule has 0 bridgehead atoms. The van der Waals surface area contributed by atoms with Gasteiger partial charge in [0.25, 0.3) is 5.91 Å². The second kappa shape index (κ2) is 10.2. The van der Waals surface area contributed by atoms with Gasteiger partial charge in [0.1, 0.15) is 0 Å². The van der Waals surface area contributed by atoms with E-state index >= 15 is 0 Å². The number of aromatic nitrogens is 1. The van der Waals surface area contributed by atoms with Gasteiger partial charge in [0.05, 0.1) is 22.1 Å². The SMILES string of the molecule is CCOc1cc(C=NNc2nc(-c3ccccc3)cs2)cc(I)c1OCC(N)=O. The van der Waals surface area contributed by atoms with Crippen LogP contribution in [-0.2, 0) is 4.79 Å². The van der Waals surface area contributed by atoms with Crippen LogP contribution in [0, 0.1) is 3.57 Å². The molecule has 1 aromatic heterocycles. The first kappa shape index (κ1) is 21.1. The van der Waals surface area contributed by atoms with Crippen molar-refractivity contribution in [3.8, 4) is 22.8 Å². The van der Waals surface area contributed by atoms with E-state index in [1.165, 1.54) is 11.3 Å². The molecule has 3 N–H and O–H groups in total. The Morgan fingerprint density at radius 3 is 2.83 bits per heavy atom. The van der Waals surface area contributed by atoms with Gasteiger partial charge in [-0.05, 0) is 47.2 Å². The van der Waals surface area contributed by atoms with Crippen LogP contribution in [0.1, 0.15) is 12.5 Å². The maximum Gasteiger partial charge on any atom is 0.255 e. The largest absolute Gasteiger partial charge is 0.490 e. The molecule has 150 valence electrons. The van der Waals surface area contributed by atoms with Crippen LogP contribution in [-0.4, -0.2) is 30.3 Å². The summed E-state index contributed by atoms with van der Waals surface area (Å²) >= 11 is 3.60. The summed E-state index contributed by atoms with van der Waals surface area (Å²) in [6.45, 7) is 2.13. The number of carbonyl (C=O) groups is 1. The number of carbonyl (C=O) groups excluding carboxylic acids is 1. The second-order valence-electron chi connectivity index (χ2n) is 5.79. The van der Waals surface area contributed by atoms with Crippen LogP contribution in [0.2, 0.25) is 0 Å². The Balaban J connectivity index is 1.71. The Hall–Kier alpha value is -2.66. The number of hydrogen-bond acceptors (Lipinski definition) is 7. The smallest absolute Gasteiger partial charge is 0.255 e. The van der Waals surface area contributed by atoms with Gasteiger partial charge in [-0.1, -0.05) is 30.3 Å². The molecule has 1 amide bonds. The van der Waals surface area contributed by atoms with Gasteiger partial charge >= 0.3 is 0 Å². The molecule has 1 heterocycles. The summed E-state index contributed by atoms with van der Waals surface area (Å²) < 4.78 is 11.9. The zero-order valence-electron chi connectivity index (χ0n) is 15.6. The summed E-state index contributed by atoms with van der Waals surface area (Å²) in [5, 5.41) is 6.94. The van der Waals surface area contributed by atoms with E-state index in [0.717, 1.165) is 20.4 Å². The number of nitrogens with two attached hydrogens (primary N) is 1. The minimum atomic E-state index is -0.545. The van der Waals surface area contributed by atoms with E-state index < -0.39 is 5.91 Å². The molecule has 0 saturated heterocycles. The molecular weight excluding hydrogens is 503 g/mol. The lowest BCUT2D eigenvalue weighted by atomic mass is 10.2. The van der Waals surface area contributed by atoms with Crippen LogP contribution in [0.15, 0.2) is 52.9 Å². The van der Waals surface area contributed by atoms with Gasteiger partial charge in [-0.2, -0.15) is 5.10 Å². The van der Waals surface area contributed by atoms with Gasteiger partial charge in [0.15, 0.2) is 18.1 Å². The number of rotatable bonds is 9.